The van der Waals surface area contributed by atoms with E-state index in [0.29, 0.717) is 5.56 Å². The van der Waals surface area contributed by atoms with Gasteiger partial charge in [0, 0.05) is 16.1 Å². The number of allylic oxidation sites excluding steroid dienone is 1. The normalized spacial score (nSPS) is 12.5. The predicted molar refractivity (Wildman–Crippen MR) is 63.6 cm³/mol. The van der Waals surface area contributed by atoms with E-state index in [-0.39, 0.29) is 11.9 Å². The van der Waals surface area contributed by atoms with Crippen LogP contribution in [0.4, 0.5) is 4.39 Å². The van der Waals surface area contributed by atoms with Crippen molar-refractivity contribution in [1.82, 2.24) is 5.43 Å². The molecule has 82 valence electrons. The Bertz CT molecular complexity index is 341. The van der Waals surface area contributed by atoms with E-state index in [1.807, 2.05) is 0 Å². The molecule has 0 spiro atoms. The van der Waals surface area contributed by atoms with Gasteiger partial charge in [0.2, 0.25) is 0 Å². The van der Waals surface area contributed by atoms with Crippen LogP contribution in [0.2, 0.25) is 0 Å². The molecule has 3 N–H and O–H groups in total. The zero-order valence-electron chi connectivity index (χ0n) is 8.34. The summed E-state index contributed by atoms with van der Waals surface area (Å²) in [6, 6.07) is 4.80. The monoisotopic (exact) mass is 272 g/mol. The summed E-state index contributed by atoms with van der Waals surface area (Å²) in [5, 5.41) is 0. The van der Waals surface area contributed by atoms with E-state index in [0.717, 1.165) is 17.3 Å². The number of rotatable bonds is 5. The summed E-state index contributed by atoms with van der Waals surface area (Å²) in [6.45, 7) is 3.63. The number of hydrogen-bond donors (Lipinski definition) is 2. The third kappa shape index (κ3) is 3.41. The molecule has 2 nitrogen and oxygen atoms in total. The summed E-state index contributed by atoms with van der Waals surface area (Å²) in [6.07, 6.45) is 3.32. The van der Waals surface area contributed by atoms with Crippen LogP contribution in [0.25, 0.3) is 0 Å². The van der Waals surface area contributed by atoms with Gasteiger partial charge in [-0.3, -0.25) is 11.3 Å². The minimum absolute atomic E-state index is 0.170. The van der Waals surface area contributed by atoms with E-state index in [1.54, 1.807) is 18.2 Å². The van der Waals surface area contributed by atoms with Gasteiger partial charge in [-0.2, -0.15) is 0 Å². The van der Waals surface area contributed by atoms with E-state index in [4.69, 9.17) is 5.84 Å². The van der Waals surface area contributed by atoms with Gasteiger partial charge < -0.3 is 0 Å². The lowest BCUT2D eigenvalue weighted by Crippen LogP contribution is -2.28. The number of hydrazine groups is 1. The maximum Gasteiger partial charge on any atom is 0.129 e. The zero-order chi connectivity index (χ0) is 11.3. The Morgan fingerprint density at radius 3 is 2.87 bits per heavy atom. The van der Waals surface area contributed by atoms with Gasteiger partial charge in [-0.25, -0.2) is 4.39 Å². The van der Waals surface area contributed by atoms with Gasteiger partial charge in [-0.05, 0) is 25.0 Å². The van der Waals surface area contributed by atoms with Crippen molar-refractivity contribution in [3.63, 3.8) is 0 Å². The Kier molecular flexibility index (Phi) is 4.94. The molecular weight excluding hydrogens is 259 g/mol. The molecule has 1 aromatic rings. The second-order valence-electron chi connectivity index (χ2n) is 3.25. The summed E-state index contributed by atoms with van der Waals surface area (Å²) in [5.74, 6) is 5.14. The smallest absolute Gasteiger partial charge is 0.129 e. The molecule has 0 aromatic heterocycles. The maximum atomic E-state index is 13.6. The topological polar surface area (TPSA) is 38.0 Å². The molecule has 1 unspecified atom stereocenters. The molecule has 1 aromatic carbocycles. The Morgan fingerprint density at radius 2 is 2.33 bits per heavy atom. The first-order valence-corrected chi connectivity index (χ1v) is 5.50. The lowest BCUT2D eigenvalue weighted by Gasteiger charge is -2.16. The quantitative estimate of drug-likeness (QED) is 0.491. The van der Waals surface area contributed by atoms with Crippen molar-refractivity contribution in [2.45, 2.75) is 18.9 Å². The average Bonchev–Trinajstić information content (AvgIpc) is 2.21. The lowest BCUT2D eigenvalue weighted by molar-refractivity contribution is 0.488. The second kappa shape index (κ2) is 6.00. The first-order valence-electron chi connectivity index (χ1n) is 4.71. The molecular formula is C11H14BrFN2. The fraction of sp³-hybridized carbons (Fsp3) is 0.273. The molecule has 1 atom stereocenters. The van der Waals surface area contributed by atoms with Gasteiger partial charge in [0.15, 0.2) is 0 Å². The Labute approximate surface area is 97.5 Å². The van der Waals surface area contributed by atoms with Crippen LogP contribution in [0, 0.1) is 5.82 Å². The van der Waals surface area contributed by atoms with Gasteiger partial charge in [0.05, 0.1) is 0 Å². The molecule has 0 aliphatic heterocycles. The highest BCUT2D eigenvalue weighted by Gasteiger charge is 2.13. The molecule has 0 aliphatic rings. The summed E-state index contributed by atoms with van der Waals surface area (Å²) >= 11 is 3.21. The Hall–Kier alpha value is -0.710. The highest BCUT2D eigenvalue weighted by molar-refractivity contribution is 9.10. The van der Waals surface area contributed by atoms with Crippen LogP contribution in [0.1, 0.15) is 24.4 Å². The van der Waals surface area contributed by atoms with Crippen LogP contribution < -0.4 is 11.3 Å². The average molecular weight is 273 g/mol. The minimum Gasteiger partial charge on any atom is -0.271 e. The predicted octanol–water partition coefficient (Wildman–Crippen LogP) is 3.06. The molecule has 15 heavy (non-hydrogen) atoms. The van der Waals surface area contributed by atoms with Crippen molar-refractivity contribution in [1.29, 1.82) is 0 Å². The first-order chi connectivity index (χ1) is 7.19. The zero-order valence-corrected chi connectivity index (χ0v) is 9.93. The number of hydrogen-bond acceptors (Lipinski definition) is 2. The molecule has 0 saturated carbocycles. The van der Waals surface area contributed by atoms with Crippen molar-refractivity contribution in [3.8, 4) is 0 Å². The van der Waals surface area contributed by atoms with Crippen LogP contribution in [-0.4, -0.2) is 0 Å². The van der Waals surface area contributed by atoms with Gasteiger partial charge in [0.25, 0.3) is 0 Å². The van der Waals surface area contributed by atoms with Crippen LogP contribution in [-0.2, 0) is 0 Å². The van der Waals surface area contributed by atoms with Crippen LogP contribution in [0.15, 0.2) is 35.3 Å². The van der Waals surface area contributed by atoms with Crippen LogP contribution in [0.5, 0.6) is 0 Å². The van der Waals surface area contributed by atoms with Gasteiger partial charge >= 0.3 is 0 Å². The highest BCUT2D eigenvalue weighted by Crippen LogP contribution is 2.23. The van der Waals surface area contributed by atoms with E-state index >= 15 is 0 Å². The summed E-state index contributed by atoms with van der Waals surface area (Å²) < 4.78 is 14.3. The fourth-order valence-corrected chi connectivity index (χ4v) is 1.73. The van der Waals surface area contributed by atoms with Crippen molar-refractivity contribution in [2.75, 3.05) is 0 Å². The molecule has 0 aliphatic carbocycles. The Morgan fingerprint density at radius 1 is 1.60 bits per heavy atom. The number of nitrogens with two attached hydrogens (primary N) is 1. The van der Waals surface area contributed by atoms with Crippen molar-refractivity contribution < 1.29 is 4.39 Å². The molecule has 0 radical (unpaired) electrons. The molecule has 1 rings (SSSR count). The Balaban J connectivity index is 2.86. The number of halogens is 2. The van der Waals surface area contributed by atoms with Crippen LogP contribution >= 0.6 is 15.9 Å². The van der Waals surface area contributed by atoms with Crippen LogP contribution in [0.3, 0.4) is 0 Å². The lowest BCUT2D eigenvalue weighted by atomic mass is 10.0. The molecule has 0 saturated heterocycles. The van der Waals surface area contributed by atoms with Crippen molar-refractivity contribution >= 4 is 15.9 Å². The number of benzene rings is 1. The van der Waals surface area contributed by atoms with E-state index < -0.39 is 0 Å². The largest absolute Gasteiger partial charge is 0.271 e. The minimum atomic E-state index is -0.253. The van der Waals surface area contributed by atoms with Gasteiger partial charge in [-0.1, -0.05) is 28.1 Å². The SMILES string of the molecule is C=CCCC(NN)c1ccc(Br)cc1F. The third-order valence-electron chi connectivity index (χ3n) is 2.20. The fourth-order valence-electron chi connectivity index (χ4n) is 1.40. The second-order valence-corrected chi connectivity index (χ2v) is 4.17. The van der Waals surface area contributed by atoms with E-state index in [9.17, 15) is 4.39 Å². The summed E-state index contributed by atoms with van der Waals surface area (Å²) in [7, 11) is 0. The number of nitrogens with one attached hydrogen (secondary N) is 1. The first kappa shape index (κ1) is 12.4. The van der Waals surface area contributed by atoms with Gasteiger partial charge in [0.1, 0.15) is 5.82 Å². The van der Waals surface area contributed by atoms with Gasteiger partial charge in [-0.15, -0.1) is 6.58 Å². The molecule has 0 fully saturated rings. The summed E-state index contributed by atoms with van der Waals surface area (Å²) in [5.41, 5.74) is 3.20. The molecule has 0 heterocycles. The maximum absolute atomic E-state index is 13.6. The van der Waals surface area contributed by atoms with E-state index in [2.05, 4.69) is 27.9 Å². The summed E-state index contributed by atoms with van der Waals surface area (Å²) in [4.78, 5) is 0. The third-order valence-corrected chi connectivity index (χ3v) is 2.69. The highest BCUT2D eigenvalue weighted by atomic mass is 79.9. The van der Waals surface area contributed by atoms with E-state index in [1.165, 1.54) is 6.07 Å². The molecule has 0 bridgehead atoms. The van der Waals surface area contributed by atoms with Crippen molar-refractivity contribution in [2.24, 2.45) is 5.84 Å². The standard InChI is InChI=1S/C11H14BrFN2/c1-2-3-4-11(15-14)9-6-5-8(12)7-10(9)13/h2,5-7,11,15H,1,3-4,14H2. The van der Waals surface area contributed by atoms with Crippen molar-refractivity contribution in [3.05, 3.63) is 46.7 Å². The molecule has 0 amide bonds. The molecule has 4 heteroatoms.